The van der Waals surface area contributed by atoms with Crippen LogP contribution in [0, 0.1) is 5.82 Å². The molecular formula is C23H15FN6. The number of nitrogens with zero attached hydrogens (tertiary/aromatic N) is 3. The molecule has 0 saturated carbocycles. The lowest BCUT2D eigenvalue weighted by atomic mass is 10.0. The fourth-order valence-corrected chi connectivity index (χ4v) is 3.82. The summed E-state index contributed by atoms with van der Waals surface area (Å²) in [5.74, 6) is 0.384. The second-order valence-corrected chi connectivity index (χ2v) is 7.12. The number of nitrogens with one attached hydrogen (secondary N) is 3. The standard InChI is InChI=1S/C23H15FN6/c24-16-4-1-3-14(9-16)17-5-2-6-20-21(17)28-23(27-20)22-18-10-13(15-11-25-26-12-15)7-8-19(18)29-30-22/h1-12H,(H,25,26)(H,27,28)(H,29,30). The van der Waals surface area contributed by atoms with Crippen LogP contribution in [0.15, 0.2) is 73.1 Å². The largest absolute Gasteiger partial charge is 0.337 e. The lowest BCUT2D eigenvalue weighted by molar-refractivity contribution is 0.628. The Balaban J connectivity index is 1.53. The fraction of sp³-hybridized carbons (Fsp3) is 0. The maximum atomic E-state index is 13.8. The highest BCUT2D eigenvalue weighted by atomic mass is 19.1. The van der Waals surface area contributed by atoms with Gasteiger partial charge in [-0.05, 0) is 41.5 Å². The summed E-state index contributed by atoms with van der Waals surface area (Å²) in [5.41, 5.74) is 6.99. The van der Waals surface area contributed by atoms with Crippen molar-refractivity contribution in [1.82, 2.24) is 30.4 Å². The van der Waals surface area contributed by atoms with E-state index in [1.54, 1.807) is 12.3 Å². The molecular weight excluding hydrogens is 379 g/mol. The second-order valence-electron chi connectivity index (χ2n) is 7.12. The third-order valence-electron chi connectivity index (χ3n) is 5.27. The van der Waals surface area contributed by atoms with Gasteiger partial charge in [0.1, 0.15) is 11.5 Å². The van der Waals surface area contributed by atoms with Crippen LogP contribution in [0.25, 0.3) is 55.7 Å². The number of imidazole rings is 1. The number of aromatic amines is 3. The smallest absolute Gasteiger partial charge is 0.159 e. The van der Waals surface area contributed by atoms with E-state index in [0.29, 0.717) is 5.82 Å². The molecule has 144 valence electrons. The summed E-state index contributed by atoms with van der Waals surface area (Å²) < 4.78 is 13.8. The van der Waals surface area contributed by atoms with Gasteiger partial charge in [-0.25, -0.2) is 9.37 Å². The van der Waals surface area contributed by atoms with Crippen molar-refractivity contribution in [2.45, 2.75) is 0 Å². The van der Waals surface area contributed by atoms with E-state index in [9.17, 15) is 4.39 Å². The zero-order valence-electron chi connectivity index (χ0n) is 15.6. The van der Waals surface area contributed by atoms with Crippen LogP contribution < -0.4 is 0 Å². The highest BCUT2D eigenvalue weighted by Gasteiger charge is 2.16. The minimum atomic E-state index is -0.273. The molecule has 0 fully saturated rings. The molecule has 0 spiro atoms. The Labute approximate surface area is 169 Å². The van der Waals surface area contributed by atoms with Gasteiger partial charge in [0.05, 0.1) is 22.7 Å². The second kappa shape index (κ2) is 6.38. The van der Waals surface area contributed by atoms with Crippen LogP contribution in [0.5, 0.6) is 0 Å². The summed E-state index contributed by atoms with van der Waals surface area (Å²) in [7, 11) is 0. The number of halogens is 1. The van der Waals surface area contributed by atoms with E-state index in [1.165, 1.54) is 12.1 Å². The molecule has 30 heavy (non-hydrogen) atoms. The average molecular weight is 394 g/mol. The molecule has 0 unspecified atom stereocenters. The van der Waals surface area contributed by atoms with E-state index in [1.807, 2.05) is 42.6 Å². The number of fused-ring (bicyclic) bond motifs is 2. The van der Waals surface area contributed by atoms with Crippen molar-refractivity contribution in [1.29, 1.82) is 0 Å². The van der Waals surface area contributed by atoms with Gasteiger partial charge >= 0.3 is 0 Å². The van der Waals surface area contributed by atoms with Crippen LogP contribution >= 0.6 is 0 Å². The van der Waals surface area contributed by atoms with Crippen molar-refractivity contribution < 1.29 is 4.39 Å². The lowest BCUT2D eigenvalue weighted by Crippen LogP contribution is -1.83. The van der Waals surface area contributed by atoms with E-state index in [-0.39, 0.29) is 5.82 Å². The first-order valence-corrected chi connectivity index (χ1v) is 9.48. The maximum absolute atomic E-state index is 13.8. The average Bonchev–Trinajstić information content (AvgIpc) is 3.51. The zero-order valence-corrected chi connectivity index (χ0v) is 15.6. The number of hydrogen-bond donors (Lipinski definition) is 3. The van der Waals surface area contributed by atoms with E-state index in [2.05, 4.69) is 31.4 Å². The Hall–Kier alpha value is -4.26. The molecule has 3 N–H and O–H groups in total. The SMILES string of the molecule is Fc1cccc(-c2cccc3[nH]c(-c4n[nH]c5ccc(-c6cn[nH]c6)cc45)nc23)c1. The molecule has 0 radical (unpaired) electrons. The van der Waals surface area contributed by atoms with Crippen LogP contribution in [-0.4, -0.2) is 30.4 Å². The Morgan fingerprint density at radius 1 is 0.833 bits per heavy atom. The number of benzene rings is 3. The molecule has 3 aromatic carbocycles. The van der Waals surface area contributed by atoms with E-state index < -0.39 is 0 Å². The van der Waals surface area contributed by atoms with Gasteiger partial charge in [-0.2, -0.15) is 10.2 Å². The van der Waals surface area contributed by atoms with Crippen LogP contribution in [0.3, 0.4) is 0 Å². The molecule has 6 aromatic rings. The molecule has 0 bridgehead atoms. The topological polar surface area (TPSA) is 86.0 Å². The van der Waals surface area contributed by atoms with E-state index >= 15 is 0 Å². The van der Waals surface area contributed by atoms with E-state index in [4.69, 9.17) is 4.98 Å². The summed E-state index contributed by atoms with van der Waals surface area (Å²) in [6, 6.07) is 18.5. The fourth-order valence-electron chi connectivity index (χ4n) is 3.82. The molecule has 0 aliphatic heterocycles. The minimum absolute atomic E-state index is 0.273. The molecule has 3 aromatic heterocycles. The van der Waals surface area contributed by atoms with Gasteiger partial charge in [-0.15, -0.1) is 0 Å². The maximum Gasteiger partial charge on any atom is 0.159 e. The van der Waals surface area contributed by atoms with Gasteiger partial charge in [0, 0.05) is 22.7 Å². The Bertz CT molecular complexity index is 1510. The van der Waals surface area contributed by atoms with Crippen molar-refractivity contribution in [2.24, 2.45) is 0 Å². The summed E-state index contributed by atoms with van der Waals surface area (Å²) in [6.45, 7) is 0. The summed E-state index contributed by atoms with van der Waals surface area (Å²) in [5, 5.41) is 15.4. The number of para-hydroxylation sites is 1. The first-order chi connectivity index (χ1) is 14.8. The number of hydrogen-bond acceptors (Lipinski definition) is 3. The molecule has 0 aliphatic rings. The Kier molecular flexibility index (Phi) is 3.55. The quantitative estimate of drug-likeness (QED) is 0.381. The Morgan fingerprint density at radius 3 is 2.63 bits per heavy atom. The van der Waals surface area contributed by atoms with E-state index in [0.717, 1.165) is 49.9 Å². The molecule has 0 aliphatic carbocycles. The normalized spacial score (nSPS) is 11.5. The number of rotatable bonds is 3. The summed E-state index contributed by atoms with van der Waals surface area (Å²) in [4.78, 5) is 8.19. The summed E-state index contributed by atoms with van der Waals surface area (Å²) >= 11 is 0. The molecule has 0 atom stereocenters. The van der Waals surface area contributed by atoms with Crippen molar-refractivity contribution in [3.05, 3.63) is 78.9 Å². The predicted molar refractivity (Wildman–Crippen MR) is 114 cm³/mol. The molecule has 6 nitrogen and oxygen atoms in total. The summed E-state index contributed by atoms with van der Waals surface area (Å²) in [6.07, 6.45) is 3.64. The molecule has 0 amide bonds. The van der Waals surface area contributed by atoms with Crippen molar-refractivity contribution in [2.75, 3.05) is 0 Å². The number of aromatic nitrogens is 6. The van der Waals surface area contributed by atoms with Crippen LogP contribution in [0.1, 0.15) is 0 Å². The lowest BCUT2D eigenvalue weighted by Gasteiger charge is -2.02. The van der Waals surface area contributed by atoms with Crippen molar-refractivity contribution in [3.63, 3.8) is 0 Å². The monoisotopic (exact) mass is 394 g/mol. The highest BCUT2D eigenvalue weighted by Crippen LogP contribution is 2.33. The number of H-pyrrole nitrogens is 3. The van der Waals surface area contributed by atoms with Crippen LogP contribution in [0.2, 0.25) is 0 Å². The van der Waals surface area contributed by atoms with Gasteiger partial charge in [0.15, 0.2) is 5.82 Å². The molecule has 3 heterocycles. The van der Waals surface area contributed by atoms with Crippen LogP contribution in [0.4, 0.5) is 4.39 Å². The highest BCUT2D eigenvalue weighted by molar-refractivity contribution is 5.98. The third kappa shape index (κ3) is 2.60. The van der Waals surface area contributed by atoms with Gasteiger partial charge < -0.3 is 4.98 Å². The van der Waals surface area contributed by atoms with Gasteiger partial charge in [-0.1, -0.05) is 30.3 Å². The van der Waals surface area contributed by atoms with Gasteiger partial charge in [0.25, 0.3) is 0 Å². The van der Waals surface area contributed by atoms with Crippen molar-refractivity contribution >= 4 is 21.9 Å². The van der Waals surface area contributed by atoms with Crippen molar-refractivity contribution in [3.8, 4) is 33.8 Å². The first-order valence-electron chi connectivity index (χ1n) is 9.48. The predicted octanol–water partition coefficient (Wildman–Crippen LogP) is 5.30. The van der Waals surface area contributed by atoms with Gasteiger partial charge in [-0.3, -0.25) is 10.2 Å². The van der Waals surface area contributed by atoms with Gasteiger partial charge in [0.2, 0.25) is 0 Å². The zero-order chi connectivity index (χ0) is 20.1. The van der Waals surface area contributed by atoms with Crippen LogP contribution in [-0.2, 0) is 0 Å². The third-order valence-corrected chi connectivity index (χ3v) is 5.27. The Morgan fingerprint density at radius 2 is 1.77 bits per heavy atom. The molecule has 6 rings (SSSR count). The molecule has 7 heteroatoms. The molecule has 0 saturated heterocycles. The minimum Gasteiger partial charge on any atom is -0.337 e. The first kappa shape index (κ1) is 16.7.